The molecule has 1 rings (SSSR count). The van der Waals surface area contributed by atoms with Gasteiger partial charge in [0.15, 0.2) is 0 Å². The lowest BCUT2D eigenvalue weighted by Crippen LogP contribution is -2.41. The minimum Gasteiger partial charge on any atom is -0.396 e. The van der Waals surface area contributed by atoms with Crippen LogP contribution < -0.4 is 10.6 Å². The molecule has 1 unspecified atom stereocenters. The molecule has 5 heteroatoms. The Morgan fingerprint density at radius 2 is 2.11 bits per heavy atom. The van der Waals surface area contributed by atoms with Crippen molar-refractivity contribution in [3.8, 4) is 0 Å². The summed E-state index contributed by atoms with van der Waals surface area (Å²) < 4.78 is 13.5. The number of amides is 2. The topological polar surface area (TPSA) is 61.4 Å². The average Bonchev–Trinajstić information content (AvgIpc) is 2.33. The molecule has 1 aromatic carbocycles. The third kappa shape index (κ3) is 4.87. The van der Waals surface area contributed by atoms with Gasteiger partial charge in [-0.3, -0.25) is 0 Å². The number of hydrogen-bond acceptors (Lipinski definition) is 2. The first-order valence-corrected chi connectivity index (χ1v) is 6.38. The van der Waals surface area contributed by atoms with Crippen LogP contribution in [0.4, 0.5) is 14.9 Å². The van der Waals surface area contributed by atoms with Crippen molar-refractivity contribution >= 4 is 11.7 Å². The largest absolute Gasteiger partial charge is 0.396 e. The zero-order valence-electron chi connectivity index (χ0n) is 11.5. The van der Waals surface area contributed by atoms with Gasteiger partial charge in [0, 0.05) is 12.6 Å². The van der Waals surface area contributed by atoms with Crippen molar-refractivity contribution in [2.24, 2.45) is 5.92 Å². The number of aryl methyl sites for hydroxylation is 1. The van der Waals surface area contributed by atoms with Gasteiger partial charge in [0.05, 0.1) is 5.69 Å². The zero-order chi connectivity index (χ0) is 14.4. The number of aliphatic hydroxyl groups excluding tert-OH is 1. The molecule has 4 nitrogen and oxygen atoms in total. The van der Waals surface area contributed by atoms with E-state index in [1.54, 1.807) is 12.1 Å². The standard InChI is InChI=1S/C14H21FN2O2/c1-9(2)12(6-7-18)16-14(19)17-13-8-10(3)4-5-11(13)15/h4-5,8-9,12,18H,6-7H2,1-3H3,(H2,16,17,19). The minimum absolute atomic E-state index is 0.00192. The molecule has 0 saturated carbocycles. The molecule has 0 aromatic heterocycles. The first-order valence-electron chi connectivity index (χ1n) is 6.38. The molecule has 0 spiro atoms. The number of carbonyl (C=O) groups excluding carboxylic acids is 1. The molecule has 0 bridgehead atoms. The average molecular weight is 268 g/mol. The summed E-state index contributed by atoms with van der Waals surface area (Å²) in [5, 5.41) is 14.2. The summed E-state index contributed by atoms with van der Waals surface area (Å²) in [5.74, 6) is -0.274. The molecule has 3 N–H and O–H groups in total. The molecule has 2 amide bonds. The minimum atomic E-state index is -0.469. The second-order valence-corrected chi connectivity index (χ2v) is 4.94. The summed E-state index contributed by atoms with van der Waals surface area (Å²) in [6.45, 7) is 5.73. The molecule has 0 radical (unpaired) electrons. The van der Waals surface area contributed by atoms with Crippen LogP contribution in [-0.2, 0) is 0 Å². The van der Waals surface area contributed by atoms with Gasteiger partial charge in [0.2, 0.25) is 0 Å². The molecule has 0 saturated heterocycles. The fourth-order valence-corrected chi connectivity index (χ4v) is 1.77. The number of benzene rings is 1. The van der Waals surface area contributed by atoms with Crippen molar-refractivity contribution in [1.29, 1.82) is 0 Å². The van der Waals surface area contributed by atoms with Crippen LogP contribution in [0.3, 0.4) is 0 Å². The van der Waals surface area contributed by atoms with E-state index >= 15 is 0 Å². The van der Waals surface area contributed by atoms with Gasteiger partial charge in [-0.25, -0.2) is 9.18 Å². The van der Waals surface area contributed by atoms with Crippen molar-refractivity contribution in [2.75, 3.05) is 11.9 Å². The SMILES string of the molecule is Cc1ccc(F)c(NC(=O)NC(CCO)C(C)C)c1. The normalized spacial score (nSPS) is 12.3. The van der Waals surface area contributed by atoms with E-state index in [-0.39, 0.29) is 24.3 Å². The second kappa shape index (κ2) is 7.09. The maximum Gasteiger partial charge on any atom is 0.319 e. The molecule has 0 aliphatic carbocycles. The summed E-state index contributed by atoms with van der Waals surface area (Å²) in [4.78, 5) is 11.8. The van der Waals surface area contributed by atoms with Crippen molar-refractivity contribution in [3.63, 3.8) is 0 Å². The van der Waals surface area contributed by atoms with Gasteiger partial charge < -0.3 is 15.7 Å². The number of halogens is 1. The number of anilines is 1. The summed E-state index contributed by atoms with van der Waals surface area (Å²) in [7, 11) is 0. The molecular weight excluding hydrogens is 247 g/mol. The van der Waals surface area contributed by atoms with Crippen LogP contribution >= 0.6 is 0 Å². The third-order valence-corrected chi connectivity index (χ3v) is 2.93. The predicted molar refractivity (Wildman–Crippen MR) is 73.6 cm³/mol. The van der Waals surface area contributed by atoms with Crippen molar-refractivity contribution in [2.45, 2.75) is 33.2 Å². The smallest absolute Gasteiger partial charge is 0.319 e. The predicted octanol–water partition coefficient (Wildman–Crippen LogP) is 2.66. The molecule has 0 aliphatic heterocycles. The van der Waals surface area contributed by atoms with Gasteiger partial charge in [-0.2, -0.15) is 0 Å². The van der Waals surface area contributed by atoms with Gasteiger partial charge >= 0.3 is 6.03 Å². The van der Waals surface area contributed by atoms with E-state index in [2.05, 4.69) is 10.6 Å². The Labute approximate surface area is 113 Å². The fraction of sp³-hybridized carbons (Fsp3) is 0.500. The van der Waals surface area contributed by atoms with Crippen molar-refractivity contribution in [1.82, 2.24) is 5.32 Å². The van der Waals surface area contributed by atoms with Gasteiger partial charge in [-0.15, -0.1) is 0 Å². The third-order valence-electron chi connectivity index (χ3n) is 2.93. The Morgan fingerprint density at radius 3 is 2.68 bits per heavy atom. The first-order chi connectivity index (χ1) is 8.93. The summed E-state index contributed by atoms with van der Waals surface area (Å²) >= 11 is 0. The van der Waals surface area contributed by atoms with Crippen LogP contribution in [0.1, 0.15) is 25.8 Å². The van der Waals surface area contributed by atoms with Gasteiger partial charge in [0.25, 0.3) is 0 Å². The van der Waals surface area contributed by atoms with Crippen LogP contribution in [0, 0.1) is 18.7 Å². The lowest BCUT2D eigenvalue weighted by atomic mass is 10.0. The summed E-state index contributed by atoms with van der Waals surface area (Å²) in [5.41, 5.74) is 1.02. The Kier molecular flexibility index (Phi) is 5.76. The molecule has 0 fully saturated rings. The van der Waals surface area contributed by atoms with E-state index < -0.39 is 11.8 Å². The Morgan fingerprint density at radius 1 is 1.42 bits per heavy atom. The van der Waals surface area contributed by atoms with E-state index in [1.165, 1.54) is 6.07 Å². The molecule has 1 atom stereocenters. The first kappa shape index (κ1) is 15.4. The number of hydrogen-bond donors (Lipinski definition) is 3. The highest BCUT2D eigenvalue weighted by Gasteiger charge is 2.16. The van der Waals surface area contributed by atoms with Crippen molar-refractivity contribution in [3.05, 3.63) is 29.6 Å². The Hall–Kier alpha value is -1.62. The van der Waals surface area contributed by atoms with E-state index in [4.69, 9.17) is 5.11 Å². The van der Waals surface area contributed by atoms with Gasteiger partial charge in [0.1, 0.15) is 5.82 Å². The molecule has 0 heterocycles. The highest BCUT2D eigenvalue weighted by atomic mass is 19.1. The van der Waals surface area contributed by atoms with E-state index in [1.807, 2.05) is 20.8 Å². The van der Waals surface area contributed by atoms with Crippen LogP contribution in [0.25, 0.3) is 0 Å². The number of urea groups is 1. The monoisotopic (exact) mass is 268 g/mol. The molecule has 0 aliphatic rings. The van der Waals surface area contributed by atoms with Gasteiger partial charge in [-0.1, -0.05) is 19.9 Å². The van der Waals surface area contributed by atoms with Crippen LogP contribution in [0.5, 0.6) is 0 Å². The lowest BCUT2D eigenvalue weighted by Gasteiger charge is -2.21. The number of rotatable bonds is 5. The van der Waals surface area contributed by atoms with E-state index in [0.717, 1.165) is 5.56 Å². The van der Waals surface area contributed by atoms with Crippen LogP contribution in [0.15, 0.2) is 18.2 Å². The van der Waals surface area contributed by atoms with Crippen LogP contribution in [0.2, 0.25) is 0 Å². The highest BCUT2D eigenvalue weighted by molar-refractivity contribution is 5.89. The molecule has 1 aromatic rings. The summed E-state index contributed by atoms with van der Waals surface area (Å²) in [6.07, 6.45) is 0.474. The Balaban J connectivity index is 2.66. The van der Waals surface area contributed by atoms with Gasteiger partial charge in [-0.05, 0) is 37.0 Å². The number of aliphatic hydroxyl groups is 1. The highest BCUT2D eigenvalue weighted by Crippen LogP contribution is 2.15. The lowest BCUT2D eigenvalue weighted by molar-refractivity contribution is 0.227. The van der Waals surface area contributed by atoms with E-state index in [0.29, 0.717) is 6.42 Å². The van der Waals surface area contributed by atoms with Crippen LogP contribution in [-0.4, -0.2) is 23.8 Å². The maximum atomic E-state index is 13.5. The number of carbonyl (C=O) groups is 1. The van der Waals surface area contributed by atoms with E-state index in [9.17, 15) is 9.18 Å². The Bertz CT molecular complexity index is 435. The quantitative estimate of drug-likeness (QED) is 0.769. The fourth-order valence-electron chi connectivity index (χ4n) is 1.77. The van der Waals surface area contributed by atoms with Crippen molar-refractivity contribution < 1.29 is 14.3 Å². The molecule has 106 valence electrons. The summed E-state index contributed by atoms with van der Waals surface area (Å²) in [6, 6.07) is 3.93. The zero-order valence-corrected chi connectivity index (χ0v) is 11.5. The number of nitrogens with one attached hydrogen (secondary N) is 2. The molecule has 19 heavy (non-hydrogen) atoms. The second-order valence-electron chi connectivity index (χ2n) is 4.94. The molecular formula is C14H21FN2O2. The maximum absolute atomic E-state index is 13.5.